The van der Waals surface area contributed by atoms with E-state index in [1.165, 1.54) is 24.3 Å². The van der Waals surface area contributed by atoms with Gasteiger partial charge in [-0.25, -0.2) is 9.59 Å². The molecule has 0 unspecified atom stereocenters. The Hall–Kier alpha value is -2.88. The third-order valence-corrected chi connectivity index (χ3v) is 2.17. The van der Waals surface area contributed by atoms with Gasteiger partial charge in [0.25, 0.3) is 5.69 Å². The Morgan fingerprint density at radius 1 is 1.05 bits per heavy atom. The van der Waals surface area contributed by atoms with E-state index in [4.69, 9.17) is 19.9 Å². The first-order chi connectivity index (χ1) is 10.5. The lowest BCUT2D eigenvalue weighted by Crippen LogP contribution is -2.18. The largest absolute Gasteiger partial charge is 0.513 e. The van der Waals surface area contributed by atoms with E-state index in [2.05, 4.69) is 4.74 Å². The standard InChI is InChI=1S/C12H14N2O8/c13-11(15)20-7-5-19-6-8-21-12(16)22-10-3-1-9(2-4-10)14(17)18/h1-4H,5-8H2,(H2,13,15). The van der Waals surface area contributed by atoms with Gasteiger partial charge in [0.15, 0.2) is 0 Å². The Labute approximate surface area is 124 Å². The smallest absolute Gasteiger partial charge is 0.447 e. The molecule has 0 fully saturated rings. The number of rotatable bonds is 8. The molecule has 0 radical (unpaired) electrons. The van der Waals surface area contributed by atoms with E-state index in [1.54, 1.807) is 0 Å². The van der Waals surface area contributed by atoms with E-state index in [1.807, 2.05) is 0 Å². The van der Waals surface area contributed by atoms with Crippen LogP contribution in [0.25, 0.3) is 0 Å². The van der Waals surface area contributed by atoms with Gasteiger partial charge < -0.3 is 24.7 Å². The van der Waals surface area contributed by atoms with Crippen LogP contribution in [-0.4, -0.2) is 43.6 Å². The predicted octanol–water partition coefficient (Wildman–Crippen LogP) is 1.22. The van der Waals surface area contributed by atoms with Crippen molar-refractivity contribution in [2.24, 2.45) is 5.73 Å². The molecular weight excluding hydrogens is 300 g/mol. The molecule has 1 rings (SSSR count). The molecule has 120 valence electrons. The number of carbonyl (C=O) groups is 2. The fraction of sp³-hybridized carbons (Fsp3) is 0.333. The lowest BCUT2D eigenvalue weighted by molar-refractivity contribution is -0.384. The number of non-ortho nitro benzene ring substituents is 1. The van der Waals surface area contributed by atoms with Crippen molar-refractivity contribution in [1.82, 2.24) is 0 Å². The van der Waals surface area contributed by atoms with Gasteiger partial charge in [0.05, 0.1) is 18.1 Å². The quantitative estimate of drug-likeness (QED) is 0.248. The van der Waals surface area contributed by atoms with Crippen LogP contribution in [0.15, 0.2) is 24.3 Å². The minimum absolute atomic E-state index is 0.00255. The molecule has 1 aromatic carbocycles. The number of carbonyl (C=O) groups excluding carboxylic acids is 2. The van der Waals surface area contributed by atoms with Crippen LogP contribution in [0.3, 0.4) is 0 Å². The van der Waals surface area contributed by atoms with Crippen molar-refractivity contribution < 1.29 is 33.5 Å². The molecule has 1 aromatic rings. The Kier molecular flexibility index (Phi) is 7.13. The van der Waals surface area contributed by atoms with Crippen molar-refractivity contribution in [2.75, 3.05) is 26.4 Å². The molecule has 1 amide bonds. The van der Waals surface area contributed by atoms with Gasteiger partial charge in [0.2, 0.25) is 0 Å². The van der Waals surface area contributed by atoms with Crippen LogP contribution in [-0.2, 0) is 14.2 Å². The van der Waals surface area contributed by atoms with Crippen LogP contribution >= 0.6 is 0 Å². The number of nitro groups is 1. The van der Waals surface area contributed by atoms with Crippen molar-refractivity contribution in [3.8, 4) is 5.75 Å². The maximum atomic E-state index is 11.3. The molecule has 0 aliphatic carbocycles. The number of nitrogens with two attached hydrogens (primary N) is 1. The van der Waals surface area contributed by atoms with Crippen molar-refractivity contribution in [2.45, 2.75) is 0 Å². The van der Waals surface area contributed by atoms with E-state index in [-0.39, 0.29) is 37.9 Å². The molecule has 0 saturated heterocycles. The fourth-order valence-electron chi connectivity index (χ4n) is 1.25. The molecule has 0 atom stereocenters. The Morgan fingerprint density at radius 2 is 1.64 bits per heavy atom. The van der Waals surface area contributed by atoms with Crippen molar-refractivity contribution in [3.63, 3.8) is 0 Å². The zero-order valence-electron chi connectivity index (χ0n) is 11.4. The highest BCUT2D eigenvalue weighted by Gasteiger charge is 2.09. The van der Waals surface area contributed by atoms with E-state index < -0.39 is 17.2 Å². The number of benzene rings is 1. The first-order valence-corrected chi connectivity index (χ1v) is 6.08. The van der Waals surface area contributed by atoms with E-state index in [0.717, 1.165) is 0 Å². The average molecular weight is 314 g/mol. The van der Waals surface area contributed by atoms with Gasteiger partial charge in [0.1, 0.15) is 19.0 Å². The summed E-state index contributed by atoms with van der Waals surface area (Å²) in [6, 6.07) is 4.95. The van der Waals surface area contributed by atoms with E-state index in [9.17, 15) is 19.7 Å². The monoisotopic (exact) mass is 314 g/mol. The first kappa shape index (κ1) is 17.2. The lowest BCUT2D eigenvalue weighted by Gasteiger charge is -2.06. The highest BCUT2D eigenvalue weighted by Crippen LogP contribution is 2.17. The van der Waals surface area contributed by atoms with Crippen molar-refractivity contribution in [1.29, 1.82) is 0 Å². The summed E-state index contributed by atoms with van der Waals surface area (Å²) in [6.45, 7) is 0.131. The fourth-order valence-corrected chi connectivity index (χ4v) is 1.25. The van der Waals surface area contributed by atoms with Crippen LogP contribution in [0.2, 0.25) is 0 Å². The van der Waals surface area contributed by atoms with Crippen LogP contribution < -0.4 is 10.5 Å². The Morgan fingerprint density at radius 3 is 2.18 bits per heavy atom. The topological polar surface area (TPSA) is 140 Å². The summed E-state index contributed by atoms with van der Waals surface area (Å²) in [4.78, 5) is 31.4. The molecular formula is C12H14N2O8. The van der Waals surface area contributed by atoms with Gasteiger partial charge in [-0.1, -0.05) is 0 Å². The number of hydrogen-bond donors (Lipinski definition) is 1. The molecule has 0 aliphatic rings. The maximum Gasteiger partial charge on any atom is 0.513 e. The molecule has 0 spiro atoms. The van der Waals surface area contributed by atoms with Gasteiger partial charge in [0, 0.05) is 12.1 Å². The summed E-state index contributed by atoms with van der Waals surface area (Å²) in [7, 11) is 0. The van der Waals surface area contributed by atoms with Crippen molar-refractivity contribution >= 4 is 17.9 Å². The SMILES string of the molecule is NC(=O)OCCOCCOC(=O)Oc1ccc([N+](=O)[O-])cc1. The van der Waals surface area contributed by atoms with Crippen molar-refractivity contribution in [3.05, 3.63) is 34.4 Å². The van der Waals surface area contributed by atoms with Gasteiger partial charge in [-0.2, -0.15) is 0 Å². The minimum atomic E-state index is -0.967. The lowest BCUT2D eigenvalue weighted by atomic mass is 10.3. The molecule has 0 saturated carbocycles. The number of ether oxygens (including phenoxy) is 4. The number of primary amides is 1. The summed E-state index contributed by atoms with van der Waals surface area (Å²) in [6.07, 6.45) is -1.86. The second-order valence-electron chi connectivity index (χ2n) is 3.73. The zero-order valence-corrected chi connectivity index (χ0v) is 11.4. The third kappa shape index (κ3) is 7.05. The average Bonchev–Trinajstić information content (AvgIpc) is 2.46. The van der Waals surface area contributed by atoms with Crippen LogP contribution in [0.4, 0.5) is 15.3 Å². The Bertz CT molecular complexity index is 516. The summed E-state index contributed by atoms with van der Waals surface area (Å²) in [5, 5.41) is 10.4. The molecule has 10 heteroatoms. The number of hydrogen-bond acceptors (Lipinski definition) is 8. The minimum Gasteiger partial charge on any atom is -0.447 e. The molecule has 0 heterocycles. The molecule has 0 aromatic heterocycles. The highest BCUT2D eigenvalue weighted by molar-refractivity contribution is 5.64. The summed E-state index contributed by atoms with van der Waals surface area (Å²) in [5.41, 5.74) is 4.61. The maximum absolute atomic E-state index is 11.3. The number of nitrogens with zero attached hydrogens (tertiary/aromatic N) is 1. The van der Waals surface area contributed by atoms with Crippen LogP contribution in [0.1, 0.15) is 0 Å². The van der Waals surface area contributed by atoms with Gasteiger partial charge in [-0.05, 0) is 12.1 Å². The van der Waals surface area contributed by atoms with Crippen LogP contribution in [0.5, 0.6) is 5.75 Å². The zero-order chi connectivity index (χ0) is 16.4. The van der Waals surface area contributed by atoms with E-state index in [0.29, 0.717) is 0 Å². The molecule has 0 bridgehead atoms. The van der Waals surface area contributed by atoms with E-state index >= 15 is 0 Å². The van der Waals surface area contributed by atoms with Crippen LogP contribution in [0, 0.1) is 10.1 Å². The predicted molar refractivity (Wildman–Crippen MR) is 71.4 cm³/mol. The molecule has 0 aliphatic heterocycles. The third-order valence-electron chi connectivity index (χ3n) is 2.17. The second kappa shape index (κ2) is 9.13. The Balaban J connectivity index is 2.15. The van der Waals surface area contributed by atoms with Gasteiger partial charge in [-0.3, -0.25) is 10.1 Å². The molecule has 22 heavy (non-hydrogen) atoms. The summed E-state index contributed by atoms with van der Waals surface area (Å²) in [5.74, 6) is 0.117. The first-order valence-electron chi connectivity index (χ1n) is 6.08. The van der Waals surface area contributed by atoms with Gasteiger partial charge >= 0.3 is 12.2 Å². The highest BCUT2D eigenvalue weighted by atomic mass is 16.7. The summed E-state index contributed by atoms with van der Waals surface area (Å²) < 4.78 is 18.9. The van der Waals surface area contributed by atoms with Gasteiger partial charge in [-0.15, -0.1) is 0 Å². The molecule has 10 nitrogen and oxygen atoms in total. The molecule has 2 N–H and O–H groups in total. The summed E-state index contributed by atoms with van der Waals surface area (Å²) >= 11 is 0. The number of nitro benzene ring substituents is 1. The normalized spacial score (nSPS) is 9.82. The second-order valence-corrected chi connectivity index (χ2v) is 3.73. The number of amides is 1.